The lowest BCUT2D eigenvalue weighted by atomic mass is 10.1. The van der Waals surface area contributed by atoms with Crippen molar-refractivity contribution in [1.29, 1.82) is 0 Å². The summed E-state index contributed by atoms with van der Waals surface area (Å²) in [6.07, 6.45) is 2.41. The summed E-state index contributed by atoms with van der Waals surface area (Å²) < 4.78 is 0. The number of amides is 1. The standard InChI is InChI=1S/C10H19NO/c1-5-9(4)8-10(12)11(6-2)7-3/h5,9H,1,6-8H2,2-4H3. The van der Waals surface area contributed by atoms with Gasteiger partial charge in [0.05, 0.1) is 0 Å². The van der Waals surface area contributed by atoms with Gasteiger partial charge < -0.3 is 4.90 Å². The van der Waals surface area contributed by atoms with Gasteiger partial charge in [0.15, 0.2) is 0 Å². The summed E-state index contributed by atoms with van der Waals surface area (Å²) in [5.74, 6) is 0.519. The molecule has 0 heterocycles. The molecule has 2 nitrogen and oxygen atoms in total. The van der Waals surface area contributed by atoms with Crippen molar-refractivity contribution in [2.75, 3.05) is 13.1 Å². The zero-order valence-electron chi connectivity index (χ0n) is 8.34. The summed E-state index contributed by atoms with van der Waals surface area (Å²) in [4.78, 5) is 13.3. The fourth-order valence-electron chi connectivity index (χ4n) is 1.06. The highest BCUT2D eigenvalue weighted by Gasteiger charge is 2.11. The first-order valence-corrected chi connectivity index (χ1v) is 4.56. The van der Waals surface area contributed by atoms with Crippen LogP contribution >= 0.6 is 0 Å². The van der Waals surface area contributed by atoms with Crippen LogP contribution in [0.3, 0.4) is 0 Å². The van der Waals surface area contributed by atoms with Crippen molar-refractivity contribution in [2.45, 2.75) is 27.2 Å². The molecule has 0 aromatic heterocycles. The Balaban J connectivity index is 3.92. The van der Waals surface area contributed by atoms with Crippen LogP contribution in [0.1, 0.15) is 27.2 Å². The van der Waals surface area contributed by atoms with Crippen molar-refractivity contribution >= 4 is 5.91 Å². The molecule has 0 aromatic rings. The molecule has 70 valence electrons. The van der Waals surface area contributed by atoms with E-state index in [-0.39, 0.29) is 11.8 Å². The zero-order chi connectivity index (χ0) is 9.56. The van der Waals surface area contributed by atoms with Gasteiger partial charge in [0.1, 0.15) is 0 Å². The first-order chi connectivity index (χ1) is 5.65. The summed E-state index contributed by atoms with van der Waals surface area (Å²) in [6.45, 7) is 11.3. The van der Waals surface area contributed by atoms with E-state index in [0.29, 0.717) is 6.42 Å². The molecular weight excluding hydrogens is 150 g/mol. The van der Waals surface area contributed by atoms with Crippen LogP contribution in [0.15, 0.2) is 12.7 Å². The van der Waals surface area contributed by atoms with Crippen molar-refractivity contribution in [1.82, 2.24) is 4.90 Å². The zero-order valence-corrected chi connectivity index (χ0v) is 8.34. The second-order valence-electron chi connectivity index (χ2n) is 2.98. The maximum Gasteiger partial charge on any atom is 0.223 e. The molecule has 0 aromatic carbocycles. The Labute approximate surface area is 75.3 Å². The van der Waals surface area contributed by atoms with Crippen LogP contribution in [0.5, 0.6) is 0 Å². The molecule has 0 aliphatic carbocycles. The van der Waals surface area contributed by atoms with Crippen molar-refractivity contribution < 1.29 is 4.79 Å². The number of allylic oxidation sites excluding steroid dienone is 1. The summed E-state index contributed by atoms with van der Waals surface area (Å²) in [5.41, 5.74) is 0. The Hall–Kier alpha value is -0.790. The van der Waals surface area contributed by atoms with Gasteiger partial charge in [-0.25, -0.2) is 0 Å². The number of hydrogen-bond donors (Lipinski definition) is 0. The van der Waals surface area contributed by atoms with Gasteiger partial charge in [-0.15, -0.1) is 6.58 Å². The summed E-state index contributed by atoms with van der Waals surface area (Å²) >= 11 is 0. The third-order valence-corrected chi connectivity index (χ3v) is 2.02. The average Bonchev–Trinajstić information content (AvgIpc) is 2.06. The Kier molecular flexibility index (Phi) is 5.43. The first-order valence-electron chi connectivity index (χ1n) is 4.56. The second-order valence-corrected chi connectivity index (χ2v) is 2.98. The maximum atomic E-state index is 11.5. The lowest BCUT2D eigenvalue weighted by Crippen LogP contribution is -2.31. The van der Waals surface area contributed by atoms with Gasteiger partial charge in [-0.1, -0.05) is 13.0 Å². The molecule has 1 atom stereocenters. The summed E-state index contributed by atoms with van der Waals surface area (Å²) in [5, 5.41) is 0. The van der Waals surface area contributed by atoms with Gasteiger partial charge in [-0.3, -0.25) is 4.79 Å². The SMILES string of the molecule is C=CC(C)CC(=O)N(CC)CC. The van der Waals surface area contributed by atoms with Gasteiger partial charge in [-0.05, 0) is 19.8 Å². The van der Waals surface area contributed by atoms with E-state index in [2.05, 4.69) is 6.58 Å². The highest BCUT2D eigenvalue weighted by atomic mass is 16.2. The Bertz CT molecular complexity index is 150. The van der Waals surface area contributed by atoms with E-state index in [4.69, 9.17) is 0 Å². The van der Waals surface area contributed by atoms with Crippen molar-refractivity contribution in [2.24, 2.45) is 5.92 Å². The summed E-state index contributed by atoms with van der Waals surface area (Å²) in [6, 6.07) is 0. The van der Waals surface area contributed by atoms with Crippen LogP contribution in [-0.4, -0.2) is 23.9 Å². The molecule has 2 heteroatoms. The number of nitrogens with zero attached hydrogens (tertiary/aromatic N) is 1. The van der Waals surface area contributed by atoms with Crippen LogP contribution in [0.25, 0.3) is 0 Å². The van der Waals surface area contributed by atoms with Crippen LogP contribution in [0.2, 0.25) is 0 Å². The van der Waals surface area contributed by atoms with Crippen molar-refractivity contribution in [3.8, 4) is 0 Å². The molecule has 1 amide bonds. The lowest BCUT2D eigenvalue weighted by molar-refractivity contribution is -0.131. The quantitative estimate of drug-likeness (QED) is 0.577. The number of carbonyl (C=O) groups excluding carboxylic acids is 1. The van der Waals surface area contributed by atoms with Crippen LogP contribution in [0, 0.1) is 5.92 Å². The van der Waals surface area contributed by atoms with E-state index in [1.165, 1.54) is 0 Å². The molecular formula is C10H19NO. The first kappa shape index (κ1) is 11.2. The average molecular weight is 169 g/mol. The third-order valence-electron chi connectivity index (χ3n) is 2.02. The molecule has 0 radical (unpaired) electrons. The third kappa shape index (κ3) is 3.56. The molecule has 12 heavy (non-hydrogen) atoms. The van der Waals surface area contributed by atoms with Crippen LogP contribution in [0.4, 0.5) is 0 Å². The molecule has 0 spiro atoms. The monoisotopic (exact) mass is 169 g/mol. The van der Waals surface area contributed by atoms with E-state index >= 15 is 0 Å². The Morgan fingerprint density at radius 2 is 2.00 bits per heavy atom. The van der Waals surface area contributed by atoms with Crippen LogP contribution in [-0.2, 0) is 4.79 Å². The van der Waals surface area contributed by atoms with Gasteiger partial charge >= 0.3 is 0 Å². The highest BCUT2D eigenvalue weighted by Crippen LogP contribution is 2.05. The van der Waals surface area contributed by atoms with Gasteiger partial charge in [0.25, 0.3) is 0 Å². The molecule has 1 unspecified atom stereocenters. The molecule has 0 aliphatic heterocycles. The summed E-state index contributed by atoms with van der Waals surface area (Å²) in [7, 11) is 0. The number of carbonyl (C=O) groups is 1. The molecule has 0 fully saturated rings. The van der Waals surface area contributed by atoms with Crippen molar-refractivity contribution in [3.05, 3.63) is 12.7 Å². The minimum absolute atomic E-state index is 0.229. The normalized spacial score (nSPS) is 12.2. The minimum Gasteiger partial charge on any atom is -0.343 e. The van der Waals surface area contributed by atoms with E-state index < -0.39 is 0 Å². The molecule has 0 N–H and O–H groups in total. The molecule has 0 aliphatic rings. The molecule has 0 rings (SSSR count). The fraction of sp³-hybridized carbons (Fsp3) is 0.700. The number of rotatable bonds is 5. The van der Waals surface area contributed by atoms with Crippen molar-refractivity contribution in [3.63, 3.8) is 0 Å². The van der Waals surface area contributed by atoms with Gasteiger partial charge in [-0.2, -0.15) is 0 Å². The Morgan fingerprint density at radius 3 is 2.33 bits per heavy atom. The largest absolute Gasteiger partial charge is 0.343 e. The van der Waals surface area contributed by atoms with E-state index in [1.807, 2.05) is 31.7 Å². The van der Waals surface area contributed by atoms with Gasteiger partial charge in [0.2, 0.25) is 5.91 Å². The van der Waals surface area contributed by atoms with Gasteiger partial charge in [0, 0.05) is 19.5 Å². The Morgan fingerprint density at radius 1 is 1.50 bits per heavy atom. The predicted octanol–water partition coefficient (Wildman–Crippen LogP) is 2.07. The predicted molar refractivity (Wildman–Crippen MR) is 51.9 cm³/mol. The lowest BCUT2D eigenvalue weighted by Gasteiger charge is -2.19. The van der Waals surface area contributed by atoms with E-state index in [9.17, 15) is 4.79 Å². The number of hydrogen-bond acceptors (Lipinski definition) is 1. The molecule has 0 saturated carbocycles. The second kappa shape index (κ2) is 5.81. The molecule has 0 saturated heterocycles. The fourth-order valence-corrected chi connectivity index (χ4v) is 1.06. The topological polar surface area (TPSA) is 20.3 Å². The van der Waals surface area contributed by atoms with Crippen LogP contribution < -0.4 is 0 Å². The smallest absolute Gasteiger partial charge is 0.223 e. The van der Waals surface area contributed by atoms with E-state index in [0.717, 1.165) is 13.1 Å². The molecule has 0 bridgehead atoms. The highest BCUT2D eigenvalue weighted by molar-refractivity contribution is 5.76. The minimum atomic E-state index is 0.229. The maximum absolute atomic E-state index is 11.5. The van der Waals surface area contributed by atoms with E-state index in [1.54, 1.807) is 0 Å².